The highest BCUT2D eigenvalue weighted by Gasteiger charge is 2.35. The number of nitrogens with two attached hydrogens (primary N) is 1. The first-order valence-corrected chi connectivity index (χ1v) is 6.65. The average Bonchev–Trinajstić information content (AvgIpc) is 2.76. The Bertz CT molecular complexity index is 520. The van der Waals surface area contributed by atoms with Crippen LogP contribution in [0.25, 0.3) is 0 Å². The SMILES string of the molecule is CC1(C)CCCN1C(=O)c1ccc(C#CCN)cc1. The van der Waals surface area contributed by atoms with Gasteiger partial charge in [-0.15, -0.1) is 0 Å². The van der Waals surface area contributed by atoms with Gasteiger partial charge in [0.15, 0.2) is 0 Å². The zero-order valence-electron chi connectivity index (χ0n) is 11.6. The third-order valence-corrected chi connectivity index (χ3v) is 3.61. The van der Waals surface area contributed by atoms with Gasteiger partial charge in [-0.2, -0.15) is 0 Å². The molecule has 1 heterocycles. The maximum absolute atomic E-state index is 12.5. The van der Waals surface area contributed by atoms with Crippen LogP contribution in [0.2, 0.25) is 0 Å². The van der Waals surface area contributed by atoms with E-state index in [0.717, 1.165) is 30.5 Å². The van der Waals surface area contributed by atoms with Crippen LogP contribution in [0.4, 0.5) is 0 Å². The van der Waals surface area contributed by atoms with Gasteiger partial charge in [-0.05, 0) is 51.0 Å². The molecule has 19 heavy (non-hydrogen) atoms. The van der Waals surface area contributed by atoms with Gasteiger partial charge in [0.1, 0.15) is 0 Å². The van der Waals surface area contributed by atoms with Crippen molar-refractivity contribution in [2.24, 2.45) is 5.73 Å². The molecular weight excluding hydrogens is 236 g/mol. The van der Waals surface area contributed by atoms with Crippen LogP contribution >= 0.6 is 0 Å². The van der Waals surface area contributed by atoms with Crippen molar-refractivity contribution in [1.82, 2.24) is 4.90 Å². The van der Waals surface area contributed by atoms with Gasteiger partial charge in [0.05, 0.1) is 6.54 Å². The Kier molecular flexibility index (Phi) is 3.92. The van der Waals surface area contributed by atoms with Crippen molar-refractivity contribution >= 4 is 5.91 Å². The molecule has 1 aliphatic heterocycles. The summed E-state index contributed by atoms with van der Waals surface area (Å²) in [6.07, 6.45) is 2.15. The molecule has 0 aromatic heterocycles. The van der Waals surface area contributed by atoms with E-state index >= 15 is 0 Å². The molecule has 1 fully saturated rings. The number of carbonyl (C=O) groups excluding carboxylic acids is 1. The van der Waals surface area contributed by atoms with Crippen LogP contribution in [0.15, 0.2) is 24.3 Å². The number of carbonyl (C=O) groups is 1. The van der Waals surface area contributed by atoms with Gasteiger partial charge in [-0.3, -0.25) is 4.79 Å². The second-order valence-corrected chi connectivity index (χ2v) is 5.46. The standard InChI is InChI=1S/C16H20N2O/c1-16(2)10-4-12-18(16)15(19)14-8-6-13(7-9-14)5-3-11-17/h6-9H,4,10-12,17H2,1-2H3. The van der Waals surface area contributed by atoms with E-state index in [-0.39, 0.29) is 11.4 Å². The van der Waals surface area contributed by atoms with E-state index in [1.54, 1.807) is 0 Å². The maximum atomic E-state index is 12.5. The second kappa shape index (κ2) is 5.46. The molecule has 100 valence electrons. The Labute approximate surface area is 114 Å². The zero-order valence-corrected chi connectivity index (χ0v) is 11.6. The summed E-state index contributed by atoms with van der Waals surface area (Å²) in [6, 6.07) is 7.44. The number of amides is 1. The van der Waals surface area contributed by atoms with Gasteiger partial charge in [0.25, 0.3) is 5.91 Å². The van der Waals surface area contributed by atoms with Crippen molar-refractivity contribution in [2.75, 3.05) is 13.1 Å². The summed E-state index contributed by atoms with van der Waals surface area (Å²) in [6.45, 7) is 5.45. The molecular formula is C16H20N2O. The number of rotatable bonds is 1. The Balaban J connectivity index is 2.16. The van der Waals surface area contributed by atoms with Gasteiger partial charge in [0, 0.05) is 23.2 Å². The molecule has 3 heteroatoms. The van der Waals surface area contributed by atoms with Crippen molar-refractivity contribution in [2.45, 2.75) is 32.2 Å². The fraction of sp³-hybridized carbons (Fsp3) is 0.438. The van der Waals surface area contributed by atoms with Crippen molar-refractivity contribution in [3.8, 4) is 11.8 Å². The molecule has 0 spiro atoms. The summed E-state index contributed by atoms with van der Waals surface area (Å²) >= 11 is 0. The molecule has 0 atom stereocenters. The monoisotopic (exact) mass is 256 g/mol. The number of likely N-dealkylation sites (tertiary alicyclic amines) is 1. The van der Waals surface area contributed by atoms with Crippen molar-refractivity contribution in [1.29, 1.82) is 0 Å². The summed E-state index contributed by atoms with van der Waals surface area (Å²) in [4.78, 5) is 14.4. The Hall–Kier alpha value is -1.79. The third kappa shape index (κ3) is 2.97. The van der Waals surface area contributed by atoms with Crippen molar-refractivity contribution in [3.05, 3.63) is 35.4 Å². The molecule has 0 aliphatic carbocycles. The van der Waals surface area contributed by atoms with Crippen LogP contribution in [0, 0.1) is 11.8 Å². The molecule has 2 N–H and O–H groups in total. The minimum atomic E-state index is -0.0326. The molecule has 0 radical (unpaired) electrons. The van der Waals surface area contributed by atoms with Crippen LogP contribution in [-0.4, -0.2) is 29.4 Å². The lowest BCUT2D eigenvalue weighted by Gasteiger charge is -2.31. The summed E-state index contributed by atoms with van der Waals surface area (Å²) in [5.41, 5.74) is 6.92. The lowest BCUT2D eigenvalue weighted by molar-refractivity contribution is 0.0652. The average molecular weight is 256 g/mol. The first-order chi connectivity index (χ1) is 9.04. The molecule has 1 amide bonds. The van der Waals surface area contributed by atoms with Gasteiger partial charge in [0.2, 0.25) is 0 Å². The minimum absolute atomic E-state index is 0.0326. The van der Waals surface area contributed by atoms with Crippen LogP contribution in [-0.2, 0) is 0 Å². The van der Waals surface area contributed by atoms with Crippen molar-refractivity contribution in [3.63, 3.8) is 0 Å². The summed E-state index contributed by atoms with van der Waals surface area (Å²) in [5.74, 6) is 5.87. The summed E-state index contributed by atoms with van der Waals surface area (Å²) in [7, 11) is 0. The lowest BCUT2D eigenvalue weighted by Crippen LogP contribution is -2.42. The maximum Gasteiger partial charge on any atom is 0.254 e. The van der Waals surface area contributed by atoms with Gasteiger partial charge in [-0.1, -0.05) is 11.8 Å². The lowest BCUT2D eigenvalue weighted by atomic mass is 10.0. The highest BCUT2D eigenvalue weighted by atomic mass is 16.2. The van der Waals surface area contributed by atoms with Crippen LogP contribution < -0.4 is 5.73 Å². The predicted molar refractivity (Wildman–Crippen MR) is 76.7 cm³/mol. The highest BCUT2D eigenvalue weighted by Crippen LogP contribution is 2.29. The zero-order chi connectivity index (χ0) is 13.9. The highest BCUT2D eigenvalue weighted by molar-refractivity contribution is 5.95. The van der Waals surface area contributed by atoms with Gasteiger partial charge >= 0.3 is 0 Å². The number of hydrogen-bond donors (Lipinski definition) is 1. The van der Waals surface area contributed by atoms with E-state index in [9.17, 15) is 4.79 Å². The molecule has 0 bridgehead atoms. The molecule has 1 aromatic rings. The van der Waals surface area contributed by atoms with E-state index in [1.807, 2.05) is 29.2 Å². The summed E-state index contributed by atoms with van der Waals surface area (Å²) < 4.78 is 0. The Morgan fingerprint density at radius 2 is 2.05 bits per heavy atom. The number of benzene rings is 1. The second-order valence-electron chi connectivity index (χ2n) is 5.46. The molecule has 1 aliphatic rings. The summed E-state index contributed by atoms with van der Waals surface area (Å²) in [5, 5.41) is 0. The van der Waals surface area contributed by atoms with Gasteiger partial charge < -0.3 is 10.6 Å². The molecule has 0 saturated carbocycles. The first-order valence-electron chi connectivity index (χ1n) is 6.65. The van der Waals surface area contributed by atoms with Crippen LogP contribution in [0.1, 0.15) is 42.6 Å². The largest absolute Gasteiger partial charge is 0.334 e. The van der Waals surface area contributed by atoms with E-state index in [4.69, 9.17) is 5.73 Å². The third-order valence-electron chi connectivity index (χ3n) is 3.61. The van der Waals surface area contributed by atoms with E-state index < -0.39 is 0 Å². The number of nitrogens with zero attached hydrogens (tertiary/aromatic N) is 1. The Morgan fingerprint density at radius 3 is 2.58 bits per heavy atom. The Morgan fingerprint density at radius 1 is 1.37 bits per heavy atom. The van der Waals surface area contributed by atoms with E-state index in [0.29, 0.717) is 6.54 Å². The van der Waals surface area contributed by atoms with E-state index in [2.05, 4.69) is 25.7 Å². The van der Waals surface area contributed by atoms with Crippen molar-refractivity contribution < 1.29 is 4.79 Å². The quantitative estimate of drug-likeness (QED) is 0.781. The minimum Gasteiger partial charge on any atom is -0.334 e. The molecule has 0 unspecified atom stereocenters. The molecule has 3 nitrogen and oxygen atoms in total. The predicted octanol–water partition coefficient (Wildman–Crippen LogP) is 2.01. The van der Waals surface area contributed by atoms with E-state index in [1.165, 1.54) is 0 Å². The van der Waals surface area contributed by atoms with Gasteiger partial charge in [-0.25, -0.2) is 0 Å². The topological polar surface area (TPSA) is 46.3 Å². The van der Waals surface area contributed by atoms with Crippen LogP contribution in [0.3, 0.4) is 0 Å². The van der Waals surface area contributed by atoms with Crippen LogP contribution in [0.5, 0.6) is 0 Å². The first kappa shape index (κ1) is 13.6. The fourth-order valence-corrected chi connectivity index (χ4v) is 2.49. The fourth-order valence-electron chi connectivity index (χ4n) is 2.49. The smallest absolute Gasteiger partial charge is 0.254 e. The molecule has 1 saturated heterocycles. The number of hydrogen-bond acceptors (Lipinski definition) is 2. The normalized spacial score (nSPS) is 16.9. The molecule has 2 rings (SSSR count). The molecule has 1 aromatic carbocycles.